The number of ether oxygens (including phenoxy) is 1. The van der Waals surface area contributed by atoms with Crippen molar-refractivity contribution in [1.82, 2.24) is 16.2 Å². The van der Waals surface area contributed by atoms with Crippen LogP contribution in [0.2, 0.25) is 0 Å². The Hall–Kier alpha value is -1.67. The van der Waals surface area contributed by atoms with Gasteiger partial charge in [-0.3, -0.25) is 20.4 Å². The van der Waals surface area contributed by atoms with Gasteiger partial charge in [-0.05, 0) is 58.7 Å². The first-order valence-electron chi connectivity index (χ1n) is 9.26. The fourth-order valence-corrected chi connectivity index (χ4v) is 3.00. The summed E-state index contributed by atoms with van der Waals surface area (Å²) < 4.78 is 6.26. The SMILES string of the molecule is CCCCCCCC(=O)NC(=S)NNC(=O)COc1ccc(CC)cc1Br. The van der Waals surface area contributed by atoms with Gasteiger partial charge in [0.1, 0.15) is 5.75 Å². The second kappa shape index (κ2) is 13.5. The molecule has 1 rings (SSSR count). The molecule has 0 aliphatic carbocycles. The third-order valence-corrected chi connectivity index (χ3v) is 4.66. The van der Waals surface area contributed by atoms with Crippen LogP contribution in [0.4, 0.5) is 0 Å². The number of unbranched alkanes of at least 4 members (excludes halogenated alkanes) is 4. The van der Waals surface area contributed by atoms with Crippen molar-refractivity contribution in [1.29, 1.82) is 0 Å². The quantitative estimate of drug-likeness (QED) is 0.283. The third kappa shape index (κ3) is 10.3. The number of benzene rings is 1. The fourth-order valence-electron chi connectivity index (χ4n) is 2.30. The zero-order valence-corrected chi connectivity index (χ0v) is 18.3. The van der Waals surface area contributed by atoms with Gasteiger partial charge in [-0.15, -0.1) is 0 Å². The van der Waals surface area contributed by atoms with Crippen LogP contribution in [0, 0.1) is 0 Å². The lowest BCUT2D eigenvalue weighted by Gasteiger charge is -2.12. The number of hydrogen-bond donors (Lipinski definition) is 3. The predicted molar refractivity (Wildman–Crippen MR) is 114 cm³/mol. The van der Waals surface area contributed by atoms with Crippen molar-refractivity contribution in [2.45, 2.75) is 58.8 Å². The largest absolute Gasteiger partial charge is 0.483 e. The van der Waals surface area contributed by atoms with E-state index in [4.69, 9.17) is 17.0 Å². The van der Waals surface area contributed by atoms with Crippen LogP contribution in [0.5, 0.6) is 5.75 Å². The summed E-state index contributed by atoms with van der Waals surface area (Å²) in [5.41, 5.74) is 6.07. The minimum Gasteiger partial charge on any atom is -0.483 e. The zero-order chi connectivity index (χ0) is 20.1. The lowest BCUT2D eigenvalue weighted by atomic mass is 10.1. The molecule has 8 heteroatoms. The van der Waals surface area contributed by atoms with Gasteiger partial charge in [0.15, 0.2) is 11.7 Å². The standard InChI is InChI=1S/C19H28BrN3O3S/c1-3-5-6-7-8-9-17(24)21-19(27)23-22-18(25)13-26-16-11-10-14(4-2)12-15(16)20/h10-12H,3-9,13H2,1-2H3,(H,22,25)(H2,21,23,24,27). The van der Waals surface area contributed by atoms with E-state index in [-0.39, 0.29) is 17.6 Å². The number of thiocarbonyl (C=S) groups is 1. The second-order valence-corrected chi connectivity index (χ2v) is 7.38. The average Bonchev–Trinajstić information content (AvgIpc) is 2.65. The van der Waals surface area contributed by atoms with E-state index in [1.54, 1.807) is 0 Å². The highest BCUT2D eigenvalue weighted by Crippen LogP contribution is 2.26. The van der Waals surface area contributed by atoms with Gasteiger partial charge < -0.3 is 10.1 Å². The molecule has 0 spiro atoms. The number of carbonyl (C=O) groups excluding carboxylic acids is 2. The molecule has 0 saturated heterocycles. The van der Waals surface area contributed by atoms with E-state index in [1.807, 2.05) is 18.2 Å². The van der Waals surface area contributed by atoms with E-state index in [0.717, 1.165) is 30.2 Å². The first kappa shape index (κ1) is 23.4. The molecule has 0 radical (unpaired) electrons. The van der Waals surface area contributed by atoms with Crippen molar-refractivity contribution < 1.29 is 14.3 Å². The highest BCUT2D eigenvalue weighted by Gasteiger charge is 2.08. The summed E-state index contributed by atoms with van der Waals surface area (Å²) in [5.74, 6) is 0.0216. The van der Waals surface area contributed by atoms with Gasteiger partial charge in [-0.25, -0.2) is 0 Å². The van der Waals surface area contributed by atoms with Crippen molar-refractivity contribution in [3.63, 3.8) is 0 Å². The Morgan fingerprint density at radius 1 is 1.07 bits per heavy atom. The van der Waals surface area contributed by atoms with Gasteiger partial charge in [0.2, 0.25) is 5.91 Å². The Bertz CT molecular complexity index is 641. The summed E-state index contributed by atoms with van der Waals surface area (Å²) in [7, 11) is 0. The molecule has 0 aromatic heterocycles. The summed E-state index contributed by atoms with van der Waals surface area (Å²) in [6.45, 7) is 4.04. The zero-order valence-electron chi connectivity index (χ0n) is 15.9. The van der Waals surface area contributed by atoms with Gasteiger partial charge >= 0.3 is 0 Å². The second-order valence-electron chi connectivity index (χ2n) is 6.12. The number of aryl methyl sites for hydroxylation is 1. The maximum absolute atomic E-state index is 11.8. The lowest BCUT2D eigenvalue weighted by Crippen LogP contribution is -2.49. The average molecular weight is 458 g/mol. The molecule has 1 aromatic carbocycles. The number of hydrazine groups is 1. The molecule has 0 unspecified atom stereocenters. The lowest BCUT2D eigenvalue weighted by molar-refractivity contribution is -0.124. The van der Waals surface area contributed by atoms with E-state index in [1.165, 1.54) is 18.4 Å². The summed E-state index contributed by atoms with van der Waals surface area (Å²) >= 11 is 8.41. The van der Waals surface area contributed by atoms with E-state index >= 15 is 0 Å². The molecule has 6 nitrogen and oxygen atoms in total. The van der Waals surface area contributed by atoms with Gasteiger partial charge in [-0.2, -0.15) is 0 Å². The molecule has 0 aliphatic heterocycles. The molecule has 0 aliphatic rings. The van der Waals surface area contributed by atoms with Crippen LogP contribution in [0.1, 0.15) is 57.9 Å². The Labute approximate surface area is 174 Å². The monoisotopic (exact) mass is 457 g/mol. The van der Waals surface area contributed by atoms with E-state index in [0.29, 0.717) is 12.2 Å². The third-order valence-electron chi connectivity index (χ3n) is 3.84. The molecule has 2 amide bonds. The van der Waals surface area contributed by atoms with Crippen molar-refractivity contribution in [3.8, 4) is 5.75 Å². The minimum absolute atomic E-state index is 0.0652. The smallest absolute Gasteiger partial charge is 0.276 e. The summed E-state index contributed by atoms with van der Waals surface area (Å²) in [4.78, 5) is 23.6. The molecular formula is C19H28BrN3O3S. The maximum atomic E-state index is 11.8. The molecule has 0 heterocycles. The van der Waals surface area contributed by atoms with Crippen LogP contribution in [0.3, 0.4) is 0 Å². The summed E-state index contributed by atoms with van der Waals surface area (Å²) in [6, 6.07) is 5.72. The van der Waals surface area contributed by atoms with Gasteiger partial charge in [0, 0.05) is 6.42 Å². The highest BCUT2D eigenvalue weighted by molar-refractivity contribution is 9.10. The molecule has 3 N–H and O–H groups in total. The molecule has 0 fully saturated rings. The number of nitrogens with one attached hydrogen (secondary N) is 3. The van der Waals surface area contributed by atoms with Crippen LogP contribution >= 0.6 is 28.1 Å². The molecule has 0 bridgehead atoms. The van der Waals surface area contributed by atoms with Crippen LogP contribution in [0.15, 0.2) is 22.7 Å². The first-order chi connectivity index (χ1) is 13.0. The predicted octanol–water partition coefficient (Wildman–Crippen LogP) is 3.77. The van der Waals surface area contributed by atoms with Gasteiger partial charge in [-0.1, -0.05) is 45.6 Å². The van der Waals surface area contributed by atoms with Gasteiger partial charge in [0.05, 0.1) is 4.47 Å². The minimum atomic E-state index is -0.405. The Morgan fingerprint density at radius 3 is 2.48 bits per heavy atom. The van der Waals surface area contributed by atoms with E-state index < -0.39 is 5.91 Å². The van der Waals surface area contributed by atoms with Crippen LogP contribution in [0.25, 0.3) is 0 Å². The number of carbonyl (C=O) groups is 2. The van der Waals surface area contributed by atoms with Crippen LogP contribution in [-0.2, 0) is 16.0 Å². The van der Waals surface area contributed by atoms with Gasteiger partial charge in [0.25, 0.3) is 5.91 Å². The van der Waals surface area contributed by atoms with Crippen molar-refractivity contribution in [2.24, 2.45) is 0 Å². The topological polar surface area (TPSA) is 79.5 Å². The summed E-state index contributed by atoms with van der Waals surface area (Å²) in [6.07, 6.45) is 6.71. The number of rotatable bonds is 10. The highest BCUT2D eigenvalue weighted by atomic mass is 79.9. The number of hydrogen-bond acceptors (Lipinski definition) is 4. The Kier molecular flexibility index (Phi) is 11.7. The van der Waals surface area contributed by atoms with Crippen molar-refractivity contribution in [3.05, 3.63) is 28.2 Å². The van der Waals surface area contributed by atoms with Crippen molar-refractivity contribution in [2.75, 3.05) is 6.61 Å². The Balaban J connectivity index is 2.21. The maximum Gasteiger partial charge on any atom is 0.276 e. The van der Waals surface area contributed by atoms with Crippen LogP contribution in [-0.4, -0.2) is 23.5 Å². The molecular weight excluding hydrogens is 430 g/mol. The van der Waals surface area contributed by atoms with Crippen LogP contribution < -0.4 is 20.9 Å². The molecule has 0 saturated carbocycles. The Morgan fingerprint density at radius 2 is 1.81 bits per heavy atom. The fraction of sp³-hybridized carbons (Fsp3) is 0.526. The molecule has 27 heavy (non-hydrogen) atoms. The van der Waals surface area contributed by atoms with E-state index in [2.05, 4.69) is 45.9 Å². The van der Waals surface area contributed by atoms with Crippen molar-refractivity contribution >= 4 is 45.1 Å². The number of halogens is 1. The first-order valence-corrected chi connectivity index (χ1v) is 10.5. The summed E-state index contributed by atoms with van der Waals surface area (Å²) in [5, 5.41) is 2.61. The number of amides is 2. The van der Waals surface area contributed by atoms with E-state index in [9.17, 15) is 9.59 Å². The molecule has 1 aromatic rings. The molecule has 150 valence electrons. The molecule has 0 atom stereocenters. The normalized spacial score (nSPS) is 10.2.